The predicted molar refractivity (Wildman–Crippen MR) is 179 cm³/mol. The topological polar surface area (TPSA) is 0 Å². The zero-order valence-electron chi connectivity index (χ0n) is 24.8. The Morgan fingerprint density at radius 1 is 0.583 bits per heavy atom. The van der Waals surface area contributed by atoms with Gasteiger partial charge >= 0.3 is 225 Å². The summed E-state index contributed by atoms with van der Waals surface area (Å²) in [5.41, 5.74) is 8.94. The van der Waals surface area contributed by atoms with Gasteiger partial charge in [0.15, 0.2) is 0 Å². The van der Waals surface area contributed by atoms with Crippen LogP contribution in [0.1, 0.15) is 77.6 Å². The van der Waals surface area contributed by atoms with E-state index in [0.717, 1.165) is 35.5 Å². The number of allylic oxidation sites excluding steroid dienone is 2. The Labute approximate surface area is 224 Å². The van der Waals surface area contributed by atoms with Gasteiger partial charge in [-0.1, -0.05) is 0 Å². The second-order valence-corrected chi connectivity index (χ2v) is 26.0. The van der Waals surface area contributed by atoms with Crippen molar-refractivity contribution in [3.63, 3.8) is 0 Å². The summed E-state index contributed by atoms with van der Waals surface area (Å²) < 4.78 is 0. The first kappa shape index (κ1) is 28.2. The average Bonchev–Trinajstić information content (AvgIpc) is 3.48. The number of hydrogen-bond acceptors (Lipinski definition) is 0. The Morgan fingerprint density at radius 3 is 1.44 bits per heavy atom. The first-order valence-electron chi connectivity index (χ1n) is 14.2. The van der Waals surface area contributed by atoms with Crippen molar-refractivity contribution in [2.24, 2.45) is 0 Å². The molecule has 36 heavy (non-hydrogen) atoms. The third kappa shape index (κ3) is 4.53. The zero-order chi connectivity index (χ0) is 26.6. The van der Waals surface area contributed by atoms with Crippen LogP contribution in [0.25, 0.3) is 12.2 Å². The maximum atomic E-state index is 2.67. The van der Waals surface area contributed by atoms with Gasteiger partial charge < -0.3 is 0 Å². The van der Waals surface area contributed by atoms with Gasteiger partial charge in [-0.2, -0.15) is 0 Å². The third-order valence-corrected chi connectivity index (χ3v) is 25.8. The van der Waals surface area contributed by atoms with E-state index in [1.54, 1.807) is 32.3 Å². The summed E-state index contributed by atoms with van der Waals surface area (Å²) in [6.45, 7) is 27.9. The van der Waals surface area contributed by atoms with Crippen LogP contribution >= 0.6 is 22.4 Å². The Morgan fingerprint density at radius 2 is 0.972 bits per heavy atom. The van der Waals surface area contributed by atoms with E-state index in [1.165, 1.54) is 11.1 Å². The van der Waals surface area contributed by atoms with E-state index in [-0.39, 0.29) is 0 Å². The van der Waals surface area contributed by atoms with Crippen LogP contribution in [-0.2, 0) is 12.8 Å². The first-order valence-corrected chi connectivity index (χ1v) is 21.3. The fourth-order valence-electron chi connectivity index (χ4n) is 6.71. The summed E-state index contributed by atoms with van der Waals surface area (Å²) in [5.74, 6) is 0. The van der Waals surface area contributed by atoms with Gasteiger partial charge in [0.2, 0.25) is 0 Å². The molecule has 0 aliphatic heterocycles. The third-order valence-electron chi connectivity index (χ3n) is 10.5. The van der Waals surface area contributed by atoms with Gasteiger partial charge in [0, 0.05) is 0 Å². The van der Waals surface area contributed by atoms with Crippen molar-refractivity contribution in [1.82, 2.24) is 0 Å². The van der Waals surface area contributed by atoms with E-state index >= 15 is 0 Å². The Balaban J connectivity index is 2.01. The Bertz CT molecular complexity index is 1180. The molecule has 0 N–H and O–H groups in total. The normalized spacial score (nSPS) is 17.0. The van der Waals surface area contributed by atoms with Crippen LogP contribution < -0.4 is 21.2 Å². The van der Waals surface area contributed by atoms with E-state index in [0.29, 0.717) is 0 Å². The number of rotatable bonds is 8. The average molecular weight is 541 g/mol. The van der Waals surface area contributed by atoms with Gasteiger partial charge in [0.05, 0.1) is 0 Å². The molecule has 0 fully saturated rings. The van der Waals surface area contributed by atoms with Gasteiger partial charge in [-0.05, 0) is 0 Å². The van der Waals surface area contributed by atoms with Crippen molar-refractivity contribution < 1.29 is 0 Å². The molecule has 198 valence electrons. The Kier molecular flexibility index (Phi) is 8.16. The van der Waals surface area contributed by atoms with E-state index in [4.69, 9.17) is 0 Å². The second-order valence-electron chi connectivity index (χ2n) is 13.1. The minimum absolute atomic E-state index is 0.445. The fourth-order valence-corrected chi connectivity index (χ4v) is 18.3. The van der Waals surface area contributed by atoms with Crippen molar-refractivity contribution in [1.29, 1.82) is 0 Å². The summed E-state index contributed by atoms with van der Waals surface area (Å²) >= 11 is 0. The van der Waals surface area contributed by atoms with Crippen LogP contribution in [0, 0.1) is 0 Å². The molecule has 2 aliphatic rings. The fraction of sp³-hybridized carbons (Fsp3) is 0.515. The van der Waals surface area contributed by atoms with Crippen LogP contribution in [-0.4, -0.2) is 42.6 Å². The molecule has 0 amide bonds. The molecular formula is C33H51P3. The standard InChI is InChI=1S/C33H51P3/c1-22(2)35(10,23(3)4)32-20-28-16-12-14-26(28)18-30(32)34(9)31-19-27-15-13-17-29(27)21-33(31)36(11,24(5)6)25(7)8/h12-14,17-25,35-36H,15-16H2,1-11H3. The van der Waals surface area contributed by atoms with Crippen LogP contribution in [0.5, 0.6) is 0 Å². The molecule has 4 rings (SSSR count). The molecule has 1 atom stereocenters. The molecule has 0 saturated heterocycles. The van der Waals surface area contributed by atoms with Gasteiger partial charge in [-0.3, -0.25) is 0 Å². The van der Waals surface area contributed by atoms with E-state index in [9.17, 15) is 0 Å². The van der Waals surface area contributed by atoms with Crippen molar-refractivity contribution in [3.8, 4) is 0 Å². The predicted octanol–water partition coefficient (Wildman–Crippen LogP) is 7.53. The van der Waals surface area contributed by atoms with Crippen molar-refractivity contribution in [3.05, 3.63) is 58.7 Å². The van der Waals surface area contributed by atoms with Crippen LogP contribution in [0.4, 0.5) is 0 Å². The molecule has 2 aliphatic carbocycles. The molecule has 3 heteroatoms. The zero-order valence-corrected chi connectivity index (χ0v) is 27.7. The maximum absolute atomic E-state index is 2.67. The van der Waals surface area contributed by atoms with Gasteiger partial charge in [0.1, 0.15) is 0 Å². The molecule has 0 aromatic heterocycles. The van der Waals surface area contributed by atoms with Gasteiger partial charge in [-0.15, -0.1) is 0 Å². The monoisotopic (exact) mass is 540 g/mol. The molecule has 1 unspecified atom stereocenters. The molecule has 0 saturated carbocycles. The number of hydrogen-bond donors (Lipinski definition) is 0. The molecule has 2 aromatic rings. The summed E-state index contributed by atoms with van der Waals surface area (Å²) in [5, 5.41) is 6.87. The SMILES string of the molecule is CC(C)[PH](C)(c1cc2c(cc1P(C)c1cc3c(cc1[PH](C)(C(C)C)C(C)C)CC=C3)CC=C2)C(C)C. The van der Waals surface area contributed by atoms with E-state index < -0.39 is 22.4 Å². The second kappa shape index (κ2) is 10.4. The summed E-state index contributed by atoms with van der Waals surface area (Å²) in [4.78, 5) is 0. The number of fused-ring (bicyclic) bond motifs is 2. The minimum atomic E-state index is -1.71. The van der Waals surface area contributed by atoms with Crippen molar-refractivity contribution in [2.75, 3.05) is 20.0 Å². The molecule has 0 spiro atoms. The van der Waals surface area contributed by atoms with Crippen LogP contribution in [0.15, 0.2) is 36.4 Å². The quantitative estimate of drug-likeness (QED) is 0.304. The van der Waals surface area contributed by atoms with Crippen LogP contribution in [0.3, 0.4) is 0 Å². The molecule has 0 heterocycles. The molecule has 0 nitrogen and oxygen atoms in total. The van der Waals surface area contributed by atoms with Crippen LogP contribution in [0.2, 0.25) is 0 Å². The van der Waals surface area contributed by atoms with Crippen molar-refractivity contribution in [2.45, 2.75) is 90.9 Å². The summed E-state index contributed by atoms with van der Waals surface area (Å²) in [6.07, 6.45) is 11.7. The van der Waals surface area contributed by atoms with E-state index in [2.05, 4.69) is 124 Å². The number of benzene rings is 2. The Hall–Kier alpha value is -0.790. The van der Waals surface area contributed by atoms with Gasteiger partial charge in [0.25, 0.3) is 0 Å². The molecular weight excluding hydrogens is 489 g/mol. The van der Waals surface area contributed by atoms with Crippen molar-refractivity contribution >= 4 is 55.8 Å². The molecule has 0 bridgehead atoms. The molecule has 0 radical (unpaired) electrons. The van der Waals surface area contributed by atoms with Gasteiger partial charge in [-0.25, -0.2) is 0 Å². The summed E-state index contributed by atoms with van der Waals surface area (Å²) in [6, 6.07) is 10.6. The van der Waals surface area contributed by atoms with E-state index in [1.807, 2.05) is 0 Å². The summed E-state index contributed by atoms with van der Waals surface area (Å²) in [7, 11) is -3.86. The first-order chi connectivity index (χ1) is 16.8. The molecule has 2 aromatic carbocycles.